The second-order valence-corrected chi connectivity index (χ2v) is 8.81. The summed E-state index contributed by atoms with van der Waals surface area (Å²) in [6.45, 7) is 5.68. The first-order valence-electron chi connectivity index (χ1n) is 9.25. The van der Waals surface area contributed by atoms with E-state index in [4.69, 9.17) is 9.26 Å². The third-order valence-corrected chi connectivity index (χ3v) is 6.63. The Labute approximate surface area is 169 Å². The maximum absolute atomic E-state index is 12.5. The number of amides is 1. The second-order valence-electron chi connectivity index (χ2n) is 6.87. The van der Waals surface area contributed by atoms with Crippen LogP contribution in [0, 0.1) is 13.8 Å². The summed E-state index contributed by atoms with van der Waals surface area (Å²) >= 11 is 0. The number of sulfonamides is 1. The number of aryl methyl sites for hydroxylation is 2. The Kier molecular flexibility index (Phi) is 6.04. The summed E-state index contributed by atoms with van der Waals surface area (Å²) in [6, 6.07) is 5.90. The number of nitrogens with zero attached hydrogens (tertiary/aromatic N) is 2. The number of rotatable bonds is 6. The summed E-state index contributed by atoms with van der Waals surface area (Å²) in [5, 5.41) is 6.29. The first kappa shape index (κ1) is 21.0. The van der Waals surface area contributed by atoms with Crippen LogP contribution < -0.4 is 5.32 Å². The number of ether oxygens (including phenoxy) is 1. The van der Waals surface area contributed by atoms with Crippen LogP contribution in [0.4, 0.5) is 5.69 Å². The lowest BCUT2D eigenvalue weighted by Gasteiger charge is -2.16. The summed E-state index contributed by atoms with van der Waals surface area (Å²) in [5.41, 5.74) is 0.978. The average molecular weight is 421 g/mol. The summed E-state index contributed by atoms with van der Waals surface area (Å²) in [5.74, 6) is -0.925. The van der Waals surface area contributed by atoms with Gasteiger partial charge in [0.05, 0.1) is 10.6 Å². The number of hydrogen-bond acceptors (Lipinski definition) is 7. The van der Waals surface area contributed by atoms with E-state index >= 15 is 0 Å². The van der Waals surface area contributed by atoms with Crippen LogP contribution in [-0.2, 0) is 19.6 Å². The molecule has 1 aliphatic rings. The molecule has 1 aromatic heterocycles. The molecule has 1 atom stereocenters. The van der Waals surface area contributed by atoms with E-state index < -0.39 is 28.0 Å². The number of hydrogen-bond donors (Lipinski definition) is 1. The molecule has 1 N–H and O–H groups in total. The molecule has 0 spiro atoms. The van der Waals surface area contributed by atoms with Crippen molar-refractivity contribution in [2.45, 2.75) is 44.6 Å². The number of carbonyl (C=O) groups excluding carboxylic acids is 2. The molecule has 1 saturated heterocycles. The van der Waals surface area contributed by atoms with Gasteiger partial charge in [-0.3, -0.25) is 4.79 Å². The van der Waals surface area contributed by atoms with Crippen molar-refractivity contribution in [3.8, 4) is 0 Å². The van der Waals surface area contributed by atoms with Gasteiger partial charge < -0.3 is 14.6 Å². The van der Waals surface area contributed by atoms with Crippen molar-refractivity contribution in [1.29, 1.82) is 0 Å². The zero-order chi connectivity index (χ0) is 21.2. The van der Waals surface area contributed by atoms with E-state index in [9.17, 15) is 18.0 Å². The van der Waals surface area contributed by atoms with Gasteiger partial charge in [0.2, 0.25) is 10.0 Å². The topological polar surface area (TPSA) is 119 Å². The number of benzene rings is 1. The monoisotopic (exact) mass is 421 g/mol. The molecule has 2 heterocycles. The van der Waals surface area contributed by atoms with Crippen LogP contribution in [-0.4, -0.2) is 48.9 Å². The van der Waals surface area contributed by atoms with Crippen molar-refractivity contribution < 1.29 is 27.3 Å². The van der Waals surface area contributed by atoms with E-state index in [-0.39, 0.29) is 10.5 Å². The summed E-state index contributed by atoms with van der Waals surface area (Å²) < 4.78 is 36.6. The fourth-order valence-corrected chi connectivity index (χ4v) is 4.60. The van der Waals surface area contributed by atoms with Crippen molar-refractivity contribution in [2.75, 3.05) is 18.4 Å². The van der Waals surface area contributed by atoms with Crippen LogP contribution in [0.5, 0.6) is 0 Å². The van der Waals surface area contributed by atoms with Gasteiger partial charge in [0.25, 0.3) is 5.91 Å². The van der Waals surface area contributed by atoms with Crippen LogP contribution in [0.25, 0.3) is 0 Å². The van der Waals surface area contributed by atoms with E-state index in [2.05, 4.69) is 10.5 Å². The molecule has 3 rings (SSSR count). The Morgan fingerprint density at radius 3 is 2.34 bits per heavy atom. The third kappa shape index (κ3) is 4.48. The van der Waals surface area contributed by atoms with Crippen molar-refractivity contribution in [3.05, 3.63) is 41.3 Å². The summed E-state index contributed by atoms with van der Waals surface area (Å²) in [6.07, 6.45) is 0.653. The maximum Gasteiger partial charge on any atom is 0.344 e. The van der Waals surface area contributed by atoms with Gasteiger partial charge >= 0.3 is 5.97 Å². The summed E-state index contributed by atoms with van der Waals surface area (Å²) in [7, 11) is -3.51. The molecule has 0 aliphatic carbocycles. The second kappa shape index (κ2) is 8.34. The van der Waals surface area contributed by atoms with E-state index in [0.717, 1.165) is 12.8 Å². The normalized spacial score (nSPS) is 15.8. The zero-order valence-corrected chi connectivity index (χ0v) is 17.3. The Morgan fingerprint density at radius 1 is 1.17 bits per heavy atom. The standard InChI is InChI=1S/C19H23N3O6S/c1-12-17(13(2)28-21-12)19(24)27-14(3)18(23)20-15-6-8-16(9-7-15)29(25,26)22-10-4-5-11-22/h6-9,14H,4-5,10-11H2,1-3H3,(H,20,23)/t14-/m1/s1. The number of esters is 1. The van der Waals surface area contributed by atoms with Gasteiger partial charge in [-0.25, -0.2) is 13.2 Å². The summed E-state index contributed by atoms with van der Waals surface area (Å²) in [4.78, 5) is 24.7. The molecule has 2 aromatic rings. The lowest BCUT2D eigenvalue weighted by atomic mass is 10.2. The molecule has 0 saturated carbocycles. The average Bonchev–Trinajstić information content (AvgIpc) is 3.32. The van der Waals surface area contributed by atoms with Gasteiger partial charge in [-0.1, -0.05) is 5.16 Å². The van der Waals surface area contributed by atoms with Crippen molar-refractivity contribution >= 4 is 27.6 Å². The number of aromatic nitrogens is 1. The Hall–Kier alpha value is -2.72. The van der Waals surface area contributed by atoms with Gasteiger partial charge in [0.15, 0.2) is 6.10 Å². The molecule has 9 nitrogen and oxygen atoms in total. The predicted octanol–water partition coefficient (Wildman–Crippen LogP) is 2.26. The van der Waals surface area contributed by atoms with Crippen LogP contribution in [0.1, 0.15) is 41.6 Å². The molecule has 0 bridgehead atoms. The van der Waals surface area contributed by atoms with Gasteiger partial charge in [0, 0.05) is 18.8 Å². The van der Waals surface area contributed by atoms with E-state index in [1.54, 1.807) is 13.8 Å². The highest BCUT2D eigenvalue weighted by atomic mass is 32.2. The van der Waals surface area contributed by atoms with Gasteiger partial charge in [-0.2, -0.15) is 4.31 Å². The number of nitrogens with one attached hydrogen (secondary N) is 1. The van der Waals surface area contributed by atoms with Gasteiger partial charge in [-0.05, 0) is 57.9 Å². The van der Waals surface area contributed by atoms with E-state index in [1.807, 2.05) is 0 Å². The highest BCUT2D eigenvalue weighted by molar-refractivity contribution is 7.89. The molecular formula is C19H23N3O6S. The molecule has 1 amide bonds. The lowest BCUT2D eigenvalue weighted by Crippen LogP contribution is -2.30. The molecule has 29 heavy (non-hydrogen) atoms. The fourth-order valence-electron chi connectivity index (χ4n) is 3.08. The molecule has 0 unspecified atom stereocenters. The molecule has 156 valence electrons. The van der Waals surface area contributed by atoms with E-state index in [0.29, 0.717) is 30.2 Å². The highest BCUT2D eigenvalue weighted by Gasteiger charge is 2.27. The molecular weight excluding hydrogens is 398 g/mol. The fraction of sp³-hybridized carbons (Fsp3) is 0.421. The minimum atomic E-state index is -3.51. The van der Waals surface area contributed by atoms with Gasteiger partial charge in [0.1, 0.15) is 11.3 Å². The van der Waals surface area contributed by atoms with Crippen LogP contribution in [0.3, 0.4) is 0 Å². The molecule has 1 fully saturated rings. The number of anilines is 1. The lowest BCUT2D eigenvalue weighted by molar-refractivity contribution is -0.123. The molecule has 1 aromatic carbocycles. The van der Waals surface area contributed by atoms with Crippen molar-refractivity contribution in [1.82, 2.24) is 9.46 Å². The van der Waals surface area contributed by atoms with Crippen molar-refractivity contribution in [3.63, 3.8) is 0 Å². The number of carbonyl (C=O) groups is 2. The Morgan fingerprint density at radius 2 is 1.79 bits per heavy atom. The SMILES string of the molecule is Cc1noc(C)c1C(=O)O[C@H](C)C(=O)Nc1ccc(S(=O)(=O)N2CCCC2)cc1. The molecule has 1 aliphatic heterocycles. The third-order valence-electron chi connectivity index (χ3n) is 4.72. The highest BCUT2D eigenvalue weighted by Crippen LogP contribution is 2.22. The predicted molar refractivity (Wildman–Crippen MR) is 104 cm³/mol. The Balaban J connectivity index is 1.62. The Bertz CT molecular complexity index is 988. The van der Waals surface area contributed by atoms with Crippen molar-refractivity contribution in [2.24, 2.45) is 0 Å². The first-order chi connectivity index (χ1) is 13.7. The molecule has 10 heteroatoms. The zero-order valence-electron chi connectivity index (χ0n) is 16.5. The largest absolute Gasteiger partial charge is 0.449 e. The first-order valence-corrected chi connectivity index (χ1v) is 10.7. The minimum Gasteiger partial charge on any atom is -0.449 e. The maximum atomic E-state index is 12.5. The minimum absolute atomic E-state index is 0.176. The van der Waals surface area contributed by atoms with Crippen LogP contribution in [0.2, 0.25) is 0 Å². The van der Waals surface area contributed by atoms with Gasteiger partial charge in [-0.15, -0.1) is 0 Å². The molecule has 0 radical (unpaired) electrons. The quantitative estimate of drug-likeness (QED) is 0.711. The smallest absolute Gasteiger partial charge is 0.344 e. The van der Waals surface area contributed by atoms with Crippen LogP contribution >= 0.6 is 0 Å². The van der Waals surface area contributed by atoms with E-state index in [1.165, 1.54) is 35.5 Å². The van der Waals surface area contributed by atoms with Crippen LogP contribution in [0.15, 0.2) is 33.7 Å².